The third-order valence-electron chi connectivity index (χ3n) is 5.61. The number of fused-ring (bicyclic) bond motifs is 1. The first-order chi connectivity index (χ1) is 13.8. The van der Waals surface area contributed by atoms with E-state index in [4.69, 9.17) is 4.84 Å². The van der Waals surface area contributed by atoms with Gasteiger partial charge in [-0.05, 0) is 26.0 Å². The van der Waals surface area contributed by atoms with Crippen LogP contribution in [0.5, 0.6) is 0 Å². The van der Waals surface area contributed by atoms with Crippen molar-refractivity contribution in [2.24, 2.45) is 13.0 Å². The highest BCUT2D eigenvalue weighted by Gasteiger charge is 2.48. The van der Waals surface area contributed by atoms with Gasteiger partial charge >= 0.3 is 5.97 Å². The minimum absolute atomic E-state index is 0.0607. The van der Waals surface area contributed by atoms with E-state index in [1.165, 1.54) is 12.1 Å². The normalized spacial score (nSPS) is 21.1. The SMILES string of the molecule is CCN1C(=O)C[C@H](C(=O)ON2C(=O)c3ccccc3C2=O)[C@H]1c1cnn(C)c1C. The lowest BCUT2D eigenvalue weighted by Gasteiger charge is -2.26. The van der Waals surface area contributed by atoms with E-state index < -0.39 is 29.7 Å². The van der Waals surface area contributed by atoms with Gasteiger partial charge in [-0.1, -0.05) is 17.2 Å². The fraction of sp³-hybridized carbons (Fsp3) is 0.350. The first-order valence-electron chi connectivity index (χ1n) is 9.32. The van der Waals surface area contributed by atoms with Crippen molar-refractivity contribution >= 4 is 23.7 Å². The molecule has 4 rings (SSSR count). The van der Waals surface area contributed by atoms with E-state index in [2.05, 4.69) is 5.10 Å². The van der Waals surface area contributed by atoms with Crippen molar-refractivity contribution in [3.05, 3.63) is 52.8 Å². The molecule has 2 aromatic rings. The van der Waals surface area contributed by atoms with Crippen molar-refractivity contribution in [3.8, 4) is 0 Å². The topological polar surface area (TPSA) is 102 Å². The van der Waals surface area contributed by atoms with E-state index in [1.54, 1.807) is 35.0 Å². The quantitative estimate of drug-likeness (QED) is 0.724. The average Bonchev–Trinajstić information content (AvgIpc) is 3.30. The van der Waals surface area contributed by atoms with E-state index in [9.17, 15) is 19.2 Å². The van der Waals surface area contributed by atoms with Crippen LogP contribution in [0, 0.1) is 12.8 Å². The van der Waals surface area contributed by atoms with Gasteiger partial charge in [-0.2, -0.15) is 5.10 Å². The molecule has 3 amide bonds. The van der Waals surface area contributed by atoms with Gasteiger partial charge < -0.3 is 9.74 Å². The molecule has 150 valence electrons. The van der Waals surface area contributed by atoms with E-state index in [1.807, 2.05) is 13.8 Å². The lowest BCUT2D eigenvalue weighted by Crippen LogP contribution is -2.37. The summed E-state index contributed by atoms with van der Waals surface area (Å²) in [4.78, 5) is 57.3. The average molecular weight is 396 g/mol. The van der Waals surface area contributed by atoms with Gasteiger partial charge in [0.1, 0.15) is 0 Å². The molecule has 0 radical (unpaired) electrons. The van der Waals surface area contributed by atoms with Crippen LogP contribution in [0.1, 0.15) is 51.4 Å². The number of hydrogen-bond acceptors (Lipinski definition) is 6. The number of aromatic nitrogens is 2. The first-order valence-corrected chi connectivity index (χ1v) is 9.32. The molecule has 9 heteroatoms. The number of carbonyl (C=O) groups excluding carboxylic acids is 4. The molecule has 0 unspecified atom stereocenters. The second-order valence-electron chi connectivity index (χ2n) is 7.10. The number of nitrogens with zero attached hydrogens (tertiary/aromatic N) is 4. The molecule has 0 bridgehead atoms. The number of benzene rings is 1. The summed E-state index contributed by atoms with van der Waals surface area (Å²) >= 11 is 0. The molecule has 29 heavy (non-hydrogen) atoms. The summed E-state index contributed by atoms with van der Waals surface area (Å²) in [7, 11) is 1.78. The lowest BCUT2D eigenvalue weighted by molar-refractivity contribution is -0.174. The molecule has 1 saturated heterocycles. The second-order valence-corrected chi connectivity index (χ2v) is 7.10. The Bertz CT molecular complexity index is 1010. The smallest absolute Gasteiger partial charge is 0.335 e. The molecule has 0 aliphatic carbocycles. The van der Waals surface area contributed by atoms with Crippen LogP contribution in [0.2, 0.25) is 0 Å². The van der Waals surface area contributed by atoms with Gasteiger partial charge in [-0.25, -0.2) is 4.79 Å². The monoisotopic (exact) mass is 396 g/mol. The molecular formula is C20H20N4O5. The summed E-state index contributed by atoms with van der Waals surface area (Å²) in [6, 6.07) is 5.70. The third kappa shape index (κ3) is 2.81. The summed E-state index contributed by atoms with van der Waals surface area (Å²) in [5.74, 6) is -3.22. The molecule has 2 aliphatic heterocycles. The molecule has 9 nitrogen and oxygen atoms in total. The molecule has 1 fully saturated rings. The fourth-order valence-electron chi connectivity index (χ4n) is 3.97. The van der Waals surface area contributed by atoms with E-state index in [-0.39, 0.29) is 23.5 Å². The van der Waals surface area contributed by atoms with Crippen LogP contribution < -0.4 is 0 Å². The van der Waals surface area contributed by atoms with Crippen LogP contribution in [0.25, 0.3) is 0 Å². The number of hydrogen-bond donors (Lipinski definition) is 0. The maximum atomic E-state index is 13.0. The van der Waals surface area contributed by atoms with Gasteiger partial charge in [0, 0.05) is 31.3 Å². The molecule has 2 atom stereocenters. The Hall–Kier alpha value is -3.49. The number of likely N-dealkylation sites (tertiary alicyclic amines) is 1. The Morgan fingerprint density at radius 1 is 1.17 bits per heavy atom. The predicted octanol–water partition coefficient (Wildman–Crippen LogP) is 1.39. The predicted molar refractivity (Wildman–Crippen MR) is 99.2 cm³/mol. The Balaban J connectivity index is 1.62. The standard InChI is InChI=1S/C20H20N4O5/c1-4-23-16(25)9-14(17(23)15-10-21-22(3)11(15)2)20(28)29-24-18(26)12-7-5-6-8-13(12)19(24)27/h5-8,10,14,17H,4,9H2,1-3H3/t14-,17-/m0/s1. The highest BCUT2D eigenvalue weighted by atomic mass is 16.7. The molecule has 1 aromatic heterocycles. The van der Waals surface area contributed by atoms with Crippen LogP contribution in [-0.2, 0) is 21.5 Å². The van der Waals surface area contributed by atoms with Crippen LogP contribution in [0.4, 0.5) is 0 Å². The molecule has 2 aliphatic rings. The number of amides is 3. The molecule has 0 saturated carbocycles. The zero-order chi connectivity index (χ0) is 20.9. The van der Waals surface area contributed by atoms with Crippen molar-refractivity contribution < 1.29 is 24.0 Å². The zero-order valence-electron chi connectivity index (χ0n) is 16.3. The van der Waals surface area contributed by atoms with Crippen LogP contribution in [-0.4, -0.2) is 50.0 Å². The number of imide groups is 1. The second kappa shape index (κ2) is 6.84. The van der Waals surface area contributed by atoms with Crippen molar-refractivity contribution in [1.82, 2.24) is 19.7 Å². The maximum Gasteiger partial charge on any atom is 0.339 e. The largest absolute Gasteiger partial charge is 0.339 e. The minimum Gasteiger partial charge on any atom is -0.335 e. The van der Waals surface area contributed by atoms with E-state index >= 15 is 0 Å². The molecule has 0 N–H and O–H groups in total. The molecular weight excluding hydrogens is 376 g/mol. The summed E-state index contributed by atoms with van der Waals surface area (Å²) in [6.45, 7) is 4.09. The Kier molecular flexibility index (Phi) is 4.45. The molecule has 3 heterocycles. The van der Waals surface area contributed by atoms with Crippen molar-refractivity contribution in [2.45, 2.75) is 26.3 Å². The van der Waals surface area contributed by atoms with E-state index in [0.29, 0.717) is 11.6 Å². The molecule has 0 spiro atoms. The molecule has 1 aromatic carbocycles. The summed E-state index contributed by atoms with van der Waals surface area (Å²) in [5.41, 5.74) is 1.93. The maximum absolute atomic E-state index is 13.0. The fourth-order valence-corrected chi connectivity index (χ4v) is 3.97. The number of carbonyl (C=O) groups is 4. The van der Waals surface area contributed by atoms with Gasteiger partial charge in [0.15, 0.2) is 0 Å². The van der Waals surface area contributed by atoms with Gasteiger partial charge in [-0.15, -0.1) is 0 Å². The van der Waals surface area contributed by atoms with Crippen molar-refractivity contribution in [2.75, 3.05) is 6.54 Å². The Morgan fingerprint density at radius 3 is 2.31 bits per heavy atom. The van der Waals surface area contributed by atoms with Gasteiger partial charge in [0.25, 0.3) is 11.8 Å². The lowest BCUT2D eigenvalue weighted by atomic mass is 9.94. The van der Waals surface area contributed by atoms with Crippen molar-refractivity contribution in [1.29, 1.82) is 0 Å². The highest BCUT2D eigenvalue weighted by Crippen LogP contribution is 2.40. The number of rotatable bonds is 4. The van der Waals surface area contributed by atoms with Crippen LogP contribution in [0.15, 0.2) is 30.5 Å². The first kappa shape index (κ1) is 18.9. The summed E-state index contributed by atoms with van der Waals surface area (Å²) in [5, 5.41) is 4.70. The zero-order valence-corrected chi connectivity index (χ0v) is 16.3. The number of aryl methyl sites for hydroxylation is 1. The Labute approximate surface area is 166 Å². The van der Waals surface area contributed by atoms with Gasteiger partial charge in [0.2, 0.25) is 5.91 Å². The van der Waals surface area contributed by atoms with E-state index in [0.717, 1.165) is 11.3 Å². The third-order valence-corrected chi connectivity index (χ3v) is 5.61. The summed E-state index contributed by atoms with van der Waals surface area (Å²) < 4.78 is 1.67. The van der Waals surface area contributed by atoms with Crippen LogP contribution in [0.3, 0.4) is 0 Å². The summed E-state index contributed by atoms with van der Waals surface area (Å²) in [6.07, 6.45) is 1.57. The van der Waals surface area contributed by atoms with Gasteiger partial charge in [-0.3, -0.25) is 19.1 Å². The Morgan fingerprint density at radius 2 is 1.79 bits per heavy atom. The van der Waals surface area contributed by atoms with Crippen LogP contribution >= 0.6 is 0 Å². The highest BCUT2D eigenvalue weighted by molar-refractivity contribution is 6.20. The minimum atomic E-state index is -0.852. The van der Waals surface area contributed by atoms with Crippen molar-refractivity contribution in [3.63, 3.8) is 0 Å². The number of hydroxylamine groups is 2. The van der Waals surface area contributed by atoms with Gasteiger partial charge in [0.05, 0.1) is 29.3 Å².